The molecular formula is C73H107N19O20. The van der Waals surface area contributed by atoms with Crippen molar-refractivity contribution in [1.82, 2.24) is 68.7 Å². The van der Waals surface area contributed by atoms with Crippen molar-refractivity contribution in [1.29, 1.82) is 5.41 Å². The summed E-state index contributed by atoms with van der Waals surface area (Å²) in [4.78, 5) is 220. The number of guanidine groups is 1. The molecule has 0 saturated carbocycles. The molecule has 1 heterocycles. The van der Waals surface area contributed by atoms with Crippen LogP contribution >= 0.6 is 0 Å². The number of aliphatic hydroxyl groups excluding tert-OH is 1. The number of carboxylic acid groups (broad SMARTS) is 2. The summed E-state index contributed by atoms with van der Waals surface area (Å²) in [5, 5.41) is 77.0. The van der Waals surface area contributed by atoms with E-state index >= 15 is 0 Å². The minimum absolute atomic E-state index is 0.0151. The molecule has 39 heteroatoms. The molecule has 1 aliphatic rings. The van der Waals surface area contributed by atoms with Gasteiger partial charge in [-0.1, -0.05) is 100 Å². The summed E-state index contributed by atoms with van der Waals surface area (Å²) in [5.74, 6) is -18.6. The number of primary amides is 2. The summed E-state index contributed by atoms with van der Waals surface area (Å²) < 4.78 is 0. The first-order valence-corrected chi connectivity index (χ1v) is 36.6. The van der Waals surface area contributed by atoms with Gasteiger partial charge in [0.1, 0.15) is 78.3 Å². The number of carboxylic acids is 2. The monoisotopic (exact) mass is 1570 g/mol. The lowest BCUT2D eigenvalue weighted by molar-refractivity contribution is -0.146. The Balaban J connectivity index is 1.61. The van der Waals surface area contributed by atoms with E-state index in [1.165, 1.54) is 24.3 Å². The van der Waals surface area contributed by atoms with Crippen LogP contribution in [0.4, 0.5) is 0 Å². The third kappa shape index (κ3) is 33.1. The van der Waals surface area contributed by atoms with Gasteiger partial charge in [-0.25, -0.2) is 4.79 Å². The molecule has 0 aromatic heterocycles. The van der Waals surface area contributed by atoms with Crippen LogP contribution in [0.3, 0.4) is 0 Å². The molecule has 39 nitrogen and oxygen atoms in total. The third-order valence-corrected chi connectivity index (χ3v) is 17.6. The van der Waals surface area contributed by atoms with E-state index < -0.39 is 211 Å². The van der Waals surface area contributed by atoms with Crippen molar-refractivity contribution in [2.45, 2.75) is 197 Å². The summed E-state index contributed by atoms with van der Waals surface area (Å²) in [6, 6.07) is 3.13. The Hall–Kier alpha value is -11.9. The van der Waals surface area contributed by atoms with Crippen LogP contribution in [0.1, 0.15) is 121 Å². The molecule has 0 spiro atoms. The van der Waals surface area contributed by atoms with Gasteiger partial charge in [0.2, 0.25) is 82.7 Å². The molecule has 1 saturated heterocycles. The van der Waals surface area contributed by atoms with Crippen molar-refractivity contribution >= 4 is 101 Å². The zero-order valence-electron chi connectivity index (χ0n) is 63.0. The van der Waals surface area contributed by atoms with Gasteiger partial charge in [0, 0.05) is 32.4 Å². The van der Waals surface area contributed by atoms with Crippen LogP contribution in [0.5, 0.6) is 5.75 Å². The van der Waals surface area contributed by atoms with Crippen molar-refractivity contribution in [3.05, 3.63) is 102 Å². The zero-order chi connectivity index (χ0) is 83.3. The van der Waals surface area contributed by atoms with Crippen LogP contribution in [-0.2, 0) is 96.0 Å². The topological polar surface area (TPSA) is 656 Å². The minimum atomic E-state index is -1.92. The number of nitrogens with two attached hydrogens (primary N) is 5. The van der Waals surface area contributed by atoms with Crippen LogP contribution in [0, 0.1) is 17.2 Å². The van der Waals surface area contributed by atoms with Gasteiger partial charge in [-0.3, -0.25) is 77.3 Å². The lowest BCUT2D eigenvalue weighted by Crippen LogP contribution is -2.61. The summed E-state index contributed by atoms with van der Waals surface area (Å²) in [6.07, 6.45) is -3.42. The van der Waals surface area contributed by atoms with Crippen molar-refractivity contribution < 1.29 is 97.1 Å². The number of phenolic OH excluding ortho intramolecular Hbond substituents is 1. The average Bonchev–Trinajstić information content (AvgIpc) is 1.59. The minimum Gasteiger partial charge on any atom is -0.508 e. The number of aliphatic hydroxyl groups is 1. The Morgan fingerprint density at radius 1 is 0.482 bits per heavy atom. The van der Waals surface area contributed by atoms with Crippen molar-refractivity contribution in [3.63, 3.8) is 0 Å². The fourth-order valence-electron chi connectivity index (χ4n) is 11.9. The SMILES string of the molecule is CC(C)C[C@H](NC(=O)[C@H](Cc1ccc(O)cc1)NC(=O)[C@H](Cc1ccccc1)NC(=O)CNC(=O)[C@@H](N)CO)C(=O)N[C@@H](CCCCN)C(=O)N[C@@H](CC(C)C)C(=O)N[C@@H](CC(=O)O)C(=O)N1CCC[C@H]1C(=O)N[C@@H](CCCNC(=N)N)C(=O)N[C@@H](CC(N)=O)C(=O)N[C@@H](Cc1ccccc1)C(=O)N[C@@H](CC(N)=O)C(=O)O. The molecule has 1 aliphatic heterocycles. The Labute approximate surface area is 646 Å². The maximum absolute atomic E-state index is 14.7. The number of likely N-dealkylation sites (tertiary alicyclic amines) is 1. The molecule has 0 aliphatic carbocycles. The third-order valence-electron chi connectivity index (χ3n) is 17.6. The second kappa shape index (κ2) is 47.3. The summed E-state index contributed by atoms with van der Waals surface area (Å²) in [7, 11) is 0. The van der Waals surface area contributed by atoms with E-state index in [4.69, 9.17) is 34.1 Å². The van der Waals surface area contributed by atoms with Gasteiger partial charge in [-0.15, -0.1) is 0 Å². The molecule has 14 amide bonds. The van der Waals surface area contributed by atoms with Crippen molar-refractivity contribution in [3.8, 4) is 5.75 Å². The molecule has 112 heavy (non-hydrogen) atoms. The molecule has 0 bridgehead atoms. The number of aliphatic carboxylic acids is 2. The van der Waals surface area contributed by atoms with Crippen molar-refractivity contribution in [2.75, 3.05) is 32.8 Å². The normalized spacial score (nSPS) is 15.4. The molecule has 3 aromatic rings. The maximum Gasteiger partial charge on any atom is 0.326 e. The van der Waals surface area contributed by atoms with Gasteiger partial charge < -0.3 is 118 Å². The number of hydrogen-bond acceptors (Lipinski definition) is 21. The van der Waals surface area contributed by atoms with Gasteiger partial charge in [-0.2, -0.15) is 0 Å². The highest BCUT2D eigenvalue weighted by Crippen LogP contribution is 2.22. The second-order valence-electron chi connectivity index (χ2n) is 27.9. The van der Waals surface area contributed by atoms with E-state index in [0.717, 1.165) is 4.90 Å². The highest BCUT2D eigenvalue weighted by Gasteiger charge is 2.42. The number of carbonyl (C=O) groups is 16. The van der Waals surface area contributed by atoms with Crippen LogP contribution in [0.2, 0.25) is 0 Å². The second-order valence-corrected chi connectivity index (χ2v) is 27.9. The molecule has 1 fully saturated rings. The first-order valence-electron chi connectivity index (χ1n) is 36.6. The van der Waals surface area contributed by atoms with Gasteiger partial charge >= 0.3 is 11.9 Å². The lowest BCUT2D eigenvalue weighted by atomic mass is 9.99. The summed E-state index contributed by atoms with van der Waals surface area (Å²) >= 11 is 0. The first-order chi connectivity index (χ1) is 53.0. The molecule has 27 N–H and O–H groups in total. The number of amides is 14. The number of rotatable bonds is 49. The van der Waals surface area contributed by atoms with Gasteiger partial charge in [0.25, 0.3) is 0 Å². The van der Waals surface area contributed by atoms with Gasteiger partial charge in [-0.05, 0) is 105 Å². The van der Waals surface area contributed by atoms with E-state index in [0.29, 0.717) is 23.1 Å². The van der Waals surface area contributed by atoms with Crippen LogP contribution in [-0.4, -0.2) is 231 Å². The molecule has 614 valence electrons. The van der Waals surface area contributed by atoms with Crippen LogP contribution < -0.4 is 92.5 Å². The van der Waals surface area contributed by atoms with Gasteiger partial charge in [0.15, 0.2) is 5.96 Å². The van der Waals surface area contributed by atoms with Crippen LogP contribution in [0.25, 0.3) is 0 Å². The molecule has 4 rings (SSSR count). The smallest absolute Gasteiger partial charge is 0.326 e. The van der Waals surface area contributed by atoms with Crippen LogP contribution in [0.15, 0.2) is 84.9 Å². The Morgan fingerprint density at radius 3 is 1.36 bits per heavy atom. The lowest BCUT2D eigenvalue weighted by Gasteiger charge is -2.31. The molecular weight excluding hydrogens is 1460 g/mol. The summed E-state index contributed by atoms with van der Waals surface area (Å²) in [6.45, 7) is 5.42. The van der Waals surface area contributed by atoms with E-state index in [-0.39, 0.29) is 102 Å². The van der Waals surface area contributed by atoms with E-state index in [1.807, 2.05) is 0 Å². The number of carbonyl (C=O) groups excluding carboxylic acids is 14. The molecule has 12 atom stereocenters. The van der Waals surface area contributed by atoms with E-state index in [2.05, 4.69) is 63.8 Å². The number of nitrogens with zero attached hydrogens (tertiary/aromatic N) is 1. The quantitative estimate of drug-likeness (QED) is 0.0142. The number of nitrogens with one attached hydrogen (secondary N) is 13. The van der Waals surface area contributed by atoms with Crippen molar-refractivity contribution in [2.24, 2.45) is 40.5 Å². The highest BCUT2D eigenvalue weighted by atomic mass is 16.4. The highest BCUT2D eigenvalue weighted by molar-refractivity contribution is 6.01. The van der Waals surface area contributed by atoms with E-state index in [1.54, 1.807) is 88.4 Å². The number of benzene rings is 3. The predicted molar refractivity (Wildman–Crippen MR) is 403 cm³/mol. The first kappa shape index (κ1) is 92.5. The maximum atomic E-state index is 14.7. The number of unbranched alkanes of at least 4 members (excludes halogenated alkanes) is 1. The number of aromatic hydroxyl groups is 1. The Morgan fingerprint density at radius 2 is 0.893 bits per heavy atom. The molecule has 3 aromatic carbocycles. The Kier molecular flexibility index (Phi) is 39.0. The number of hydrogen-bond donors (Lipinski definition) is 22. The summed E-state index contributed by atoms with van der Waals surface area (Å²) in [5.41, 5.74) is 29.1. The molecule has 0 unspecified atom stereocenters. The largest absolute Gasteiger partial charge is 0.508 e. The standard InChI is InChI=1S/C73H107N19O20/c1-39(2)29-48(86-67(106)52(33-43-22-24-44(94)25-23-43)87-66(105)50(31-41-15-7-5-8-16-41)82-59(97)37-81-61(100)45(75)38-93)64(103)83-46(19-11-12-26-74)62(101)85-49(30-40(3)4)65(104)90-54(36-60(98)99)71(110)92-28-14-21-56(92)70(109)84-47(20-13-27-80-73(78)79)63(102)89-53(34-57(76)95)69(108)88-51(32-42-17-9-6-10-18-42)68(107)91-55(72(111)112)35-58(77)96/h5-10,15-18,22-25,39-40,45-56,93-94H,11-14,19-21,26-38,74-75H2,1-4H3,(H2,76,95)(H2,77,96)(H,81,100)(H,82,97)(H,83,103)(H,84,109)(H,85,101)(H,86,106)(H,87,105)(H,88,108)(H,89,102)(H,90,104)(H,91,107)(H,98,99)(H,111,112)(H4,78,79,80)/t45-,46-,47-,48-,49-,50-,51-,52-,53-,54-,55-,56-/m0/s1. The molecule has 0 radical (unpaired) electrons. The predicted octanol–water partition coefficient (Wildman–Crippen LogP) is -5.51. The Bertz CT molecular complexity index is 3740. The fourth-order valence-corrected chi connectivity index (χ4v) is 11.9. The van der Waals surface area contributed by atoms with Gasteiger partial charge in [0.05, 0.1) is 32.4 Å². The fraction of sp³-hybridized carbons (Fsp3) is 0.521. The van der Waals surface area contributed by atoms with E-state index in [9.17, 15) is 97.1 Å². The zero-order valence-corrected chi connectivity index (χ0v) is 63.0. The average molecular weight is 1570 g/mol. The number of phenols is 1.